The molecule has 0 aliphatic carbocycles. The van der Waals surface area contributed by atoms with Crippen LogP contribution in [0.1, 0.15) is 10.4 Å². The second kappa shape index (κ2) is 4.80. The van der Waals surface area contributed by atoms with Gasteiger partial charge in [0.25, 0.3) is 0 Å². The first-order valence-corrected chi connectivity index (χ1v) is 5.10. The van der Waals surface area contributed by atoms with Gasteiger partial charge in [0.1, 0.15) is 5.82 Å². The molecule has 1 heterocycles. The lowest BCUT2D eigenvalue weighted by Gasteiger charge is -2.07. The van der Waals surface area contributed by atoms with Gasteiger partial charge >= 0.3 is 5.97 Å². The molecule has 1 aromatic carbocycles. The Labute approximate surface area is 102 Å². The summed E-state index contributed by atoms with van der Waals surface area (Å²) >= 11 is 5.95. The number of benzene rings is 1. The Hall–Kier alpha value is -2.14. The van der Waals surface area contributed by atoms with Crippen molar-refractivity contribution in [3.63, 3.8) is 0 Å². The molecule has 0 saturated carbocycles. The number of carbonyl (C=O) groups is 1. The first-order valence-electron chi connectivity index (χ1n) is 4.72. The van der Waals surface area contributed by atoms with Gasteiger partial charge in [0.15, 0.2) is 0 Å². The van der Waals surface area contributed by atoms with E-state index in [0.717, 1.165) is 0 Å². The number of aromatic carboxylic acids is 1. The second-order valence-electron chi connectivity index (χ2n) is 3.22. The van der Waals surface area contributed by atoms with Crippen molar-refractivity contribution >= 4 is 29.1 Å². The number of nitrogens with one attached hydrogen (secondary N) is 1. The van der Waals surface area contributed by atoms with E-state index in [9.17, 15) is 4.79 Å². The molecule has 86 valence electrons. The number of carboxylic acids is 1. The maximum atomic E-state index is 10.8. The van der Waals surface area contributed by atoms with Crippen molar-refractivity contribution in [1.29, 1.82) is 0 Å². The van der Waals surface area contributed by atoms with E-state index in [-0.39, 0.29) is 5.56 Å². The van der Waals surface area contributed by atoms with E-state index in [1.165, 1.54) is 30.6 Å². The highest BCUT2D eigenvalue weighted by Gasteiger charge is 2.07. The molecule has 0 saturated heterocycles. The van der Waals surface area contributed by atoms with Crippen molar-refractivity contribution in [2.45, 2.75) is 0 Å². The van der Waals surface area contributed by atoms with E-state index in [2.05, 4.69) is 15.3 Å². The summed E-state index contributed by atoms with van der Waals surface area (Å²) < 4.78 is 0. The van der Waals surface area contributed by atoms with Gasteiger partial charge < -0.3 is 10.4 Å². The van der Waals surface area contributed by atoms with E-state index in [4.69, 9.17) is 16.7 Å². The van der Waals surface area contributed by atoms with Crippen LogP contribution in [0, 0.1) is 0 Å². The van der Waals surface area contributed by atoms with Crippen LogP contribution in [0.2, 0.25) is 5.02 Å². The summed E-state index contributed by atoms with van der Waals surface area (Å²) in [5.74, 6) is -0.513. The minimum atomic E-state index is -1.01. The van der Waals surface area contributed by atoms with Crippen LogP contribution in [0.25, 0.3) is 0 Å². The van der Waals surface area contributed by atoms with Crippen LogP contribution in [0.5, 0.6) is 0 Å². The summed E-state index contributed by atoms with van der Waals surface area (Å²) in [5.41, 5.74) is 0.632. The first kappa shape index (κ1) is 11.3. The quantitative estimate of drug-likeness (QED) is 0.874. The third kappa shape index (κ3) is 2.70. The van der Waals surface area contributed by atoms with Gasteiger partial charge in [0.05, 0.1) is 22.5 Å². The van der Waals surface area contributed by atoms with Crippen molar-refractivity contribution in [2.24, 2.45) is 0 Å². The lowest BCUT2D eigenvalue weighted by atomic mass is 10.2. The largest absolute Gasteiger partial charge is 0.478 e. The summed E-state index contributed by atoms with van der Waals surface area (Å²) in [4.78, 5) is 18.7. The fourth-order valence-electron chi connectivity index (χ4n) is 1.26. The van der Waals surface area contributed by atoms with Crippen molar-refractivity contribution in [1.82, 2.24) is 9.97 Å². The molecular weight excluding hydrogens is 242 g/mol. The molecule has 0 aliphatic heterocycles. The van der Waals surface area contributed by atoms with Crippen molar-refractivity contribution in [2.75, 3.05) is 5.32 Å². The van der Waals surface area contributed by atoms with Gasteiger partial charge in [-0.2, -0.15) is 0 Å². The fraction of sp³-hybridized carbons (Fsp3) is 0. The van der Waals surface area contributed by atoms with Gasteiger partial charge in [-0.05, 0) is 18.2 Å². The van der Waals surface area contributed by atoms with E-state index in [1.807, 2.05) is 0 Å². The van der Waals surface area contributed by atoms with E-state index in [0.29, 0.717) is 16.5 Å². The Bertz CT molecular complexity index is 546. The molecule has 2 N–H and O–H groups in total. The standard InChI is InChI=1S/C11H8ClN3O2/c12-8-2-1-7(11(16)17)5-9(8)15-10-6-13-3-4-14-10/h1-6H,(H,14,15)(H,16,17). The average Bonchev–Trinajstić information content (AvgIpc) is 2.33. The van der Waals surface area contributed by atoms with E-state index >= 15 is 0 Å². The van der Waals surface area contributed by atoms with Gasteiger partial charge in [0.2, 0.25) is 0 Å². The molecule has 0 amide bonds. The van der Waals surface area contributed by atoms with E-state index < -0.39 is 5.97 Å². The lowest BCUT2D eigenvalue weighted by molar-refractivity contribution is 0.0697. The third-order valence-electron chi connectivity index (χ3n) is 2.04. The molecule has 0 atom stereocenters. The zero-order valence-electron chi connectivity index (χ0n) is 8.59. The number of rotatable bonds is 3. The molecule has 17 heavy (non-hydrogen) atoms. The number of hydrogen-bond donors (Lipinski definition) is 2. The maximum Gasteiger partial charge on any atom is 0.335 e. The molecule has 0 aliphatic rings. The number of aromatic nitrogens is 2. The predicted octanol–water partition coefficient (Wildman–Crippen LogP) is 2.57. The molecule has 2 rings (SSSR count). The smallest absolute Gasteiger partial charge is 0.335 e. The molecule has 1 aromatic heterocycles. The molecule has 0 bridgehead atoms. The van der Waals surface area contributed by atoms with Crippen LogP contribution in [0.15, 0.2) is 36.8 Å². The van der Waals surface area contributed by atoms with Crippen LogP contribution in [-0.2, 0) is 0 Å². The first-order chi connectivity index (χ1) is 8.16. The zero-order chi connectivity index (χ0) is 12.3. The molecule has 0 fully saturated rings. The number of anilines is 2. The Kier molecular flexibility index (Phi) is 3.20. The van der Waals surface area contributed by atoms with Crippen LogP contribution in [-0.4, -0.2) is 21.0 Å². The predicted molar refractivity (Wildman–Crippen MR) is 63.7 cm³/mol. The SMILES string of the molecule is O=C(O)c1ccc(Cl)c(Nc2cnccn2)c1. The topological polar surface area (TPSA) is 75.1 Å². The van der Waals surface area contributed by atoms with Crippen LogP contribution in [0.4, 0.5) is 11.5 Å². The highest BCUT2D eigenvalue weighted by Crippen LogP contribution is 2.25. The lowest BCUT2D eigenvalue weighted by Crippen LogP contribution is -1.99. The normalized spacial score (nSPS) is 9.94. The number of halogens is 1. The Morgan fingerprint density at radius 2 is 2.18 bits per heavy atom. The molecule has 0 spiro atoms. The monoisotopic (exact) mass is 249 g/mol. The third-order valence-corrected chi connectivity index (χ3v) is 2.37. The summed E-state index contributed by atoms with van der Waals surface area (Å²) in [6, 6.07) is 4.40. The van der Waals surface area contributed by atoms with Gasteiger partial charge in [-0.15, -0.1) is 0 Å². The second-order valence-corrected chi connectivity index (χ2v) is 3.62. The zero-order valence-corrected chi connectivity index (χ0v) is 9.35. The van der Waals surface area contributed by atoms with Crippen molar-refractivity contribution < 1.29 is 9.90 Å². The average molecular weight is 250 g/mol. The van der Waals surface area contributed by atoms with Crippen molar-refractivity contribution in [3.05, 3.63) is 47.4 Å². The van der Waals surface area contributed by atoms with Crippen molar-refractivity contribution in [3.8, 4) is 0 Å². The summed E-state index contributed by atoms with van der Waals surface area (Å²) in [7, 11) is 0. The van der Waals surface area contributed by atoms with Crippen LogP contribution in [0.3, 0.4) is 0 Å². The molecule has 0 radical (unpaired) electrons. The van der Waals surface area contributed by atoms with Gasteiger partial charge in [-0.3, -0.25) is 4.98 Å². The molecule has 5 nitrogen and oxygen atoms in total. The summed E-state index contributed by atoms with van der Waals surface area (Å²) in [6.07, 6.45) is 4.58. The van der Waals surface area contributed by atoms with Gasteiger partial charge in [-0.25, -0.2) is 9.78 Å². The maximum absolute atomic E-state index is 10.8. The minimum Gasteiger partial charge on any atom is -0.478 e. The molecule has 0 unspecified atom stereocenters. The Morgan fingerprint density at radius 1 is 1.35 bits per heavy atom. The van der Waals surface area contributed by atoms with E-state index in [1.54, 1.807) is 6.20 Å². The Morgan fingerprint density at radius 3 is 2.82 bits per heavy atom. The number of carboxylic acid groups (broad SMARTS) is 1. The molecular formula is C11H8ClN3O2. The minimum absolute atomic E-state index is 0.154. The molecule has 6 heteroatoms. The van der Waals surface area contributed by atoms with Crippen LogP contribution >= 0.6 is 11.6 Å². The van der Waals surface area contributed by atoms with Crippen LogP contribution < -0.4 is 5.32 Å². The van der Waals surface area contributed by atoms with Gasteiger partial charge in [0, 0.05) is 12.4 Å². The fourth-order valence-corrected chi connectivity index (χ4v) is 1.42. The molecule has 2 aromatic rings. The Balaban J connectivity index is 2.32. The number of nitrogens with zero attached hydrogens (tertiary/aromatic N) is 2. The summed E-state index contributed by atoms with van der Waals surface area (Å²) in [6.45, 7) is 0. The highest BCUT2D eigenvalue weighted by atomic mass is 35.5. The number of hydrogen-bond acceptors (Lipinski definition) is 4. The van der Waals surface area contributed by atoms with Gasteiger partial charge in [-0.1, -0.05) is 11.6 Å². The highest BCUT2D eigenvalue weighted by molar-refractivity contribution is 6.33. The summed E-state index contributed by atoms with van der Waals surface area (Å²) in [5, 5.41) is 12.2.